The first-order chi connectivity index (χ1) is 16.1. The van der Waals surface area contributed by atoms with Crippen molar-refractivity contribution in [3.8, 4) is 22.5 Å². The maximum absolute atomic E-state index is 12.8. The molecule has 7 nitrogen and oxygen atoms in total. The van der Waals surface area contributed by atoms with Gasteiger partial charge in [0, 0.05) is 28.9 Å². The summed E-state index contributed by atoms with van der Waals surface area (Å²) in [5, 5.41) is 11.5. The molecule has 1 fully saturated rings. The average Bonchev–Trinajstić information content (AvgIpc) is 3.34. The third kappa shape index (κ3) is 4.50. The Kier molecular flexibility index (Phi) is 5.88. The molecule has 0 bridgehead atoms. The summed E-state index contributed by atoms with van der Waals surface area (Å²) in [5.41, 5.74) is 5.87. The summed E-state index contributed by atoms with van der Waals surface area (Å²) in [7, 11) is 1.98. The summed E-state index contributed by atoms with van der Waals surface area (Å²) < 4.78 is 5.78. The van der Waals surface area contributed by atoms with Crippen LogP contribution in [-0.4, -0.2) is 45.3 Å². The summed E-state index contributed by atoms with van der Waals surface area (Å²) in [6.45, 7) is 1.97. The minimum atomic E-state index is -0.310. The van der Waals surface area contributed by atoms with E-state index in [4.69, 9.17) is 4.74 Å². The minimum absolute atomic E-state index is 0.0283. The summed E-state index contributed by atoms with van der Waals surface area (Å²) in [6.07, 6.45) is 7.20. The number of benzene rings is 1. The number of hydrogen-bond donors (Lipinski definition) is 2. The van der Waals surface area contributed by atoms with E-state index in [-0.39, 0.29) is 12.1 Å². The number of rotatable bonds is 5. The van der Waals surface area contributed by atoms with Gasteiger partial charge in [-0.25, -0.2) is 4.79 Å². The highest BCUT2D eigenvalue weighted by atomic mass is 16.5. The van der Waals surface area contributed by atoms with Crippen molar-refractivity contribution in [2.24, 2.45) is 0 Å². The van der Waals surface area contributed by atoms with Crippen LogP contribution in [0.3, 0.4) is 0 Å². The standard InChI is InChI=1S/C26H27N5O2/c1-16-4-3-5-24(30-16)25-22(15-29-31-25)17-6-11-23-18(12-17)13-19(14-28-23)26(32)33-21-9-7-20(27-2)8-10-21/h3-6,11-15,20-21,27H,7-10H2,1-2H3,(H,29,31)/t20-,21+. The third-order valence-corrected chi connectivity index (χ3v) is 6.37. The Balaban J connectivity index is 1.40. The van der Waals surface area contributed by atoms with Crippen molar-refractivity contribution < 1.29 is 9.53 Å². The summed E-state index contributed by atoms with van der Waals surface area (Å²) in [6, 6.07) is 14.3. The van der Waals surface area contributed by atoms with E-state index in [0.717, 1.165) is 64.8 Å². The molecule has 7 heteroatoms. The second kappa shape index (κ2) is 9.11. The lowest BCUT2D eigenvalue weighted by Gasteiger charge is -2.27. The van der Waals surface area contributed by atoms with Crippen LogP contribution < -0.4 is 5.32 Å². The zero-order valence-electron chi connectivity index (χ0n) is 18.8. The van der Waals surface area contributed by atoms with E-state index in [1.54, 1.807) is 12.4 Å². The Labute approximate surface area is 192 Å². The number of hydrogen-bond acceptors (Lipinski definition) is 6. The molecule has 5 rings (SSSR count). The number of H-pyrrole nitrogens is 1. The van der Waals surface area contributed by atoms with Gasteiger partial charge in [-0.05, 0) is 75.5 Å². The number of carbonyl (C=O) groups is 1. The number of pyridine rings is 2. The first-order valence-corrected chi connectivity index (χ1v) is 11.4. The van der Waals surface area contributed by atoms with Gasteiger partial charge >= 0.3 is 5.97 Å². The van der Waals surface area contributed by atoms with Gasteiger partial charge in [-0.1, -0.05) is 12.1 Å². The molecule has 0 saturated heterocycles. The van der Waals surface area contributed by atoms with Crippen molar-refractivity contribution >= 4 is 16.9 Å². The van der Waals surface area contributed by atoms with Crippen LogP contribution in [0.4, 0.5) is 0 Å². The van der Waals surface area contributed by atoms with Gasteiger partial charge in [0.25, 0.3) is 0 Å². The molecule has 0 amide bonds. The first-order valence-electron chi connectivity index (χ1n) is 11.4. The molecule has 0 radical (unpaired) electrons. The van der Waals surface area contributed by atoms with Crippen LogP contribution in [-0.2, 0) is 4.74 Å². The van der Waals surface area contributed by atoms with E-state index in [1.165, 1.54) is 0 Å². The highest BCUT2D eigenvalue weighted by molar-refractivity contribution is 5.95. The van der Waals surface area contributed by atoms with E-state index in [2.05, 4.69) is 25.5 Å². The highest BCUT2D eigenvalue weighted by Crippen LogP contribution is 2.31. The predicted octanol–water partition coefficient (Wildman–Crippen LogP) is 4.68. The average molecular weight is 442 g/mol. The van der Waals surface area contributed by atoms with Crippen LogP contribution in [0.25, 0.3) is 33.4 Å². The fourth-order valence-electron chi connectivity index (χ4n) is 4.48. The third-order valence-electron chi connectivity index (χ3n) is 6.37. The summed E-state index contributed by atoms with van der Waals surface area (Å²) in [5.74, 6) is -0.310. The van der Waals surface area contributed by atoms with Crippen molar-refractivity contribution in [1.82, 2.24) is 25.5 Å². The van der Waals surface area contributed by atoms with E-state index in [9.17, 15) is 4.79 Å². The quantitative estimate of drug-likeness (QED) is 0.437. The normalized spacial score (nSPS) is 18.4. The number of esters is 1. The van der Waals surface area contributed by atoms with Crippen LogP contribution in [0, 0.1) is 6.92 Å². The fraction of sp³-hybridized carbons (Fsp3) is 0.308. The second-order valence-corrected chi connectivity index (χ2v) is 8.62. The van der Waals surface area contributed by atoms with Crippen molar-refractivity contribution in [1.29, 1.82) is 0 Å². The maximum atomic E-state index is 12.8. The monoisotopic (exact) mass is 441 g/mol. The Morgan fingerprint density at radius 1 is 1.09 bits per heavy atom. The molecule has 33 heavy (non-hydrogen) atoms. The lowest BCUT2D eigenvalue weighted by Crippen LogP contribution is -2.33. The Morgan fingerprint density at radius 2 is 1.94 bits per heavy atom. The number of nitrogens with one attached hydrogen (secondary N) is 2. The largest absolute Gasteiger partial charge is 0.459 e. The van der Waals surface area contributed by atoms with Gasteiger partial charge in [-0.3, -0.25) is 15.1 Å². The van der Waals surface area contributed by atoms with Gasteiger partial charge < -0.3 is 10.1 Å². The maximum Gasteiger partial charge on any atom is 0.339 e. The molecule has 0 unspecified atom stereocenters. The van der Waals surface area contributed by atoms with Crippen LogP contribution in [0.15, 0.2) is 54.9 Å². The molecule has 168 valence electrons. The van der Waals surface area contributed by atoms with Crippen molar-refractivity contribution in [3.05, 3.63) is 66.1 Å². The van der Waals surface area contributed by atoms with Gasteiger partial charge in [-0.2, -0.15) is 5.10 Å². The molecule has 1 aromatic carbocycles. The van der Waals surface area contributed by atoms with Crippen molar-refractivity contribution in [2.45, 2.75) is 44.8 Å². The Bertz CT molecular complexity index is 1290. The van der Waals surface area contributed by atoms with E-state index >= 15 is 0 Å². The van der Waals surface area contributed by atoms with Crippen LogP contribution in [0.5, 0.6) is 0 Å². The molecule has 3 aromatic heterocycles. The van der Waals surface area contributed by atoms with Gasteiger partial charge in [0.15, 0.2) is 0 Å². The predicted molar refractivity (Wildman–Crippen MR) is 128 cm³/mol. The van der Waals surface area contributed by atoms with Crippen molar-refractivity contribution in [2.75, 3.05) is 7.05 Å². The molecule has 0 atom stereocenters. The number of nitrogens with zero attached hydrogens (tertiary/aromatic N) is 3. The molecular formula is C26H27N5O2. The number of fused-ring (bicyclic) bond motifs is 1. The molecule has 4 aromatic rings. The first kappa shape index (κ1) is 21.3. The van der Waals surface area contributed by atoms with Gasteiger partial charge in [-0.15, -0.1) is 0 Å². The zero-order valence-corrected chi connectivity index (χ0v) is 18.8. The number of carbonyl (C=O) groups excluding carboxylic acids is 1. The molecule has 3 heterocycles. The number of aromatic nitrogens is 4. The minimum Gasteiger partial charge on any atom is -0.459 e. The Hall–Kier alpha value is -3.58. The van der Waals surface area contributed by atoms with Gasteiger partial charge in [0.1, 0.15) is 6.10 Å². The lowest BCUT2D eigenvalue weighted by molar-refractivity contribution is 0.0188. The summed E-state index contributed by atoms with van der Waals surface area (Å²) in [4.78, 5) is 21.9. The fourth-order valence-corrected chi connectivity index (χ4v) is 4.48. The topological polar surface area (TPSA) is 92.8 Å². The molecule has 1 aliphatic carbocycles. The van der Waals surface area contributed by atoms with E-state index in [0.29, 0.717) is 11.6 Å². The van der Waals surface area contributed by atoms with E-state index < -0.39 is 0 Å². The van der Waals surface area contributed by atoms with Crippen LogP contribution in [0.2, 0.25) is 0 Å². The highest BCUT2D eigenvalue weighted by Gasteiger charge is 2.23. The molecule has 1 saturated carbocycles. The van der Waals surface area contributed by atoms with Gasteiger partial charge in [0.05, 0.1) is 28.7 Å². The summed E-state index contributed by atoms with van der Waals surface area (Å²) >= 11 is 0. The van der Waals surface area contributed by atoms with Crippen LogP contribution >= 0.6 is 0 Å². The van der Waals surface area contributed by atoms with Gasteiger partial charge in [0.2, 0.25) is 0 Å². The zero-order chi connectivity index (χ0) is 22.8. The molecular weight excluding hydrogens is 414 g/mol. The lowest BCUT2D eigenvalue weighted by atomic mass is 9.93. The molecule has 0 aliphatic heterocycles. The smallest absolute Gasteiger partial charge is 0.339 e. The number of aryl methyl sites for hydroxylation is 1. The van der Waals surface area contributed by atoms with Crippen molar-refractivity contribution in [3.63, 3.8) is 0 Å². The van der Waals surface area contributed by atoms with Crippen LogP contribution in [0.1, 0.15) is 41.7 Å². The molecule has 1 aliphatic rings. The SMILES string of the molecule is CN[C@H]1CC[C@@H](OC(=O)c2cnc3ccc(-c4cn[nH]c4-c4cccc(C)n4)cc3c2)CC1. The number of ether oxygens (including phenoxy) is 1. The Morgan fingerprint density at radius 3 is 2.73 bits per heavy atom. The molecule has 2 N–H and O–H groups in total. The molecule has 0 spiro atoms. The number of aromatic amines is 1. The second-order valence-electron chi connectivity index (χ2n) is 8.62. The van der Waals surface area contributed by atoms with E-state index in [1.807, 2.05) is 56.4 Å².